The van der Waals surface area contributed by atoms with E-state index >= 15 is 0 Å². The van der Waals surface area contributed by atoms with E-state index in [0.29, 0.717) is 23.2 Å². The third kappa shape index (κ3) is 5.60. The monoisotopic (exact) mass is 380 g/mol. The van der Waals surface area contributed by atoms with Crippen LogP contribution in [0.5, 0.6) is 0 Å². The molecule has 1 fully saturated rings. The molecule has 0 amide bonds. The van der Waals surface area contributed by atoms with Gasteiger partial charge in [-0.1, -0.05) is 27.5 Å². The van der Waals surface area contributed by atoms with Crippen LogP contribution in [0.25, 0.3) is 0 Å². The average Bonchev–Trinajstić information content (AvgIpc) is 3.16. The first-order chi connectivity index (χ1) is 9.46. The molecule has 2 N–H and O–H groups in total. The van der Waals surface area contributed by atoms with Crippen molar-refractivity contribution in [2.24, 2.45) is 0 Å². The molecular weight excluding hydrogens is 364 g/mol. The Bertz CT molecular complexity index is 561. The summed E-state index contributed by atoms with van der Waals surface area (Å²) in [6.45, 7) is 0.888. The zero-order chi connectivity index (χ0) is 14.6. The van der Waals surface area contributed by atoms with Gasteiger partial charge < -0.3 is 5.32 Å². The minimum absolute atomic E-state index is 0.117. The van der Waals surface area contributed by atoms with Crippen molar-refractivity contribution in [2.75, 3.05) is 17.0 Å². The van der Waals surface area contributed by atoms with Crippen LogP contribution in [0.1, 0.15) is 25.7 Å². The first-order valence-electron chi connectivity index (χ1n) is 6.65. The van der Waals surface area contributed by atoms with E-state index in [-0.39, 0.29) is 5.75 Å². The lowest BCUT2D eigenvalue weighted by Gasteiger charge is -2.10. The first kappa shape index (κ1) is 16.1. The third-order valence-electron chi connectivity index (χ3n) is 3.05. The van der Waals surface area contributed by atoms with Gasteiger partial charge in [-0.3, -0.25) is 4.72 Å². The van der Waals surface area contributed by atoms with E-state index in [1.807, 2.05) is 0 Å². The number of sulfonamides is 1. The molecule has 1 saturated carbocycles. The maximum absolute atomic E-state index is 11.9. The number of unbranched alkanes of at least 4 members (excludes halogenated alkanes) is 1. The van der Waals surface area contributed by atoms with Gasteiger partial charge in [0.25, 0.3) is 0 Å². The van der Waals surface area contributed by atoms with Gasteiger partial charge >= 0.3 is 0 Å². The van der Waals surface area contributed by atoms with Crippen molar-refractivity contribution >= 4 is 43.2 Å². The summed E-state index contributed by atoms with van der Waals surface area (Å²) in [6.07, 6.45) is 4.01. The van der Waals surface area contributed by atoms with Gasteiger partial charge in [-0.05, 0) is 50.4 Å². The Morgan fingerprint density at radius 3 is 2.70 bits per heavy atom. The summed E-state index contributed by atoms with van der Waals surface area (Å²) in [5.74, 6) is 0.117. The van der Waals surface area contributed by atoms with E-state index in [0.717, 1.165) is 17.4 Å². The average molecular weight is 382 g/mol. The van der Waals surface area contributed by atoms with Crippen LogP contribution in [0, 0.1) is 0 Å². The molecule has 1 aliphatic rings. The van der Waals surface area contributed by atoms with Gasteiger partial charge in [0, 0.05) is 10.5 Å². The van der Waals surface area contributed by atoms with Crippen LogP contribution in [-0.2, 0) is 10.0 Å². The Morgan fingerprint density at radius 2 is 2.05 bits per heavy atom. The Balaban J connectivity index is 1.77. The molecule has 0 bridgehead atoms. The molecule has 0 atom stereocenters. The number of hydrogen-bond donors (Lipinski definition) is 2. The smallest absolute Gasteiger partial charge is 0.232 e. The Kier molecular flexibility index (Phi) is 5.72. The van der Waals surface area contributed by atoms with E-state index in [9.17, 15) is 8.42 Å². The quantitative estimate of drug-likeness (QED) is 0.679. The summed E-state index contributed by atoms with van der Waals surface area (Å²) in [6, 6.07) is 5.74. The molecule has 2 rings (SSSR count). The van der Waals surface area contributed by atoms with Crippen LogP contribution in [0.4, 0.5) is 5.69 Å². The van der Waals surface area contributed by atoms with Crippen LogP contribution in [0.2, 0.25) is 5.02 Å². The van der Waals surface area contributed by atoms with Gasteiger partial charge in [-0.25, -0.2) is 8.42 Å². The highest BCUT2D eigenvalue weighted by molar-refractivity contribution is 9.10. The van der Waals surface area contributed by atoms with Crippen molar-refractivity contribution in [3.63, 3.8) is 0 Å². The number of nitrogens with one attached hydrogen (secondary N) is 2. The topological polar surface area (TPSA) is 58.2 Å². The number of benzene rings is 1. The lowest BCUT2D eigenvalue weighted by molar-refractivity contribution is 0.591. The summed E-state index contributed by atoms with van der Waals surface area (Å²) in [4.78, 5) is 0. The van der Waals surface area contributed by atoms with Crippen molar-refractivity contribution in [2.45, 2.75) is 31.7 Å². The predicted molar refractivity (Wildman–Crippen MR) is 86.8 cm³/mol. The molecule has 0 radical (unpaired) electrons. The Hall–Kier alpha value is -0.300. The zero-order valence-electron chi connectivity index (χ0n) is 11.0. The fourth-order valence-corrected chi connectivity index (χ4v) is 3.78. The largest absolute Gasteiger partial charge is 0.314 e. The van der Waals surface area contributed by atoms with Crippen LogP contribution in [-0.4, -0.2) is 26.8 Å². The van der Waals surface area contributed by atoms with Crippen LogP contribution in [0.3, 0.4) is 0 Å². The standard InChI is InChI=1S/C13H18BrClN2O2S/c14-10-3-6-13(12(15)9-10)17-20(18,19)8-2-1-7-16-11-4-5-11/h3,6,9,11,16-17H,1-2,4-5,7-8H2. The Morgan fingerprint density at radius 1 is 1.30 bits per heavy atom. The molecular formula is C13H18BrClN2O2S. The second-order valence-electron chi connectivity index (χ2n) is 4.98. The van der Waals surface area contributed by atoms with Gasteiger partial charge in [0.05, 0.1) is 16.5 Å². The highest BCUT2D eigenvalue weighted by Crippen LogP contribution is 2.26. The van der Waals surface area contributed by atoms with E-state index in [1.165, 1.54) is 12.8 Å². The van der Waals surface area contributed by atoms with Gasteiger partial charge in [0.1, 0.15) is 0 Å². The molecule has 1 aromatic rings. The normalized spacial score (nSPS) is 15.3. The summed E-state index contributed by atoms with van der Waals surface area (Å²) in [5, 5.41) is 3.75. The van der Waals surface area contributed by atoms with Gasteiger partial charge in [0.2, 0.25) is 10.0 Å². The van der Waals surface area contributed by atoms with Crippen molar-refractivity contribution in [3.8, 4) is 0 Å². The molecule has 1 aliphatic carbocycles. The van der Waals surface area contributed by atoms with Gasteiger partial charge in [-0.2, -0.15) is 0 Å². The molecule has 4 nitrogen and oxygen atoms in total. The highest BCUT2D eigenvalue weighted by atomic mass is 79.9. The molecule has 1 aromatic carbocycles. The molecule has 0 unspecified atom stereocenters. The molecule has 0 aliphatic heterocycles. The number of hydrogen-bond acceptors (Lipinski definition) is 3. The maximum Gasteiger partial charge on any atom is 0.232 e. The molecule has 112 valence electrons. The lowest BCUT2D eigenvalue weighted by atomic mass is 10.3. The number of halogens is 2. The zero-order valence-corrected chi connectivity index (χ0v) is 14.2. The minimum atomic E-state index is -3.33. The Labute approximate surface area is 133 Å². The second-order valence-corrected chi connectivity index (χ2v) is 8.15. The maximum atomic E-state index is 11.9. The summed E-state index contributed by atoms with van der Waals surface area (Å²) < 4.78 is 27.2. The molecule has 0 spiro atoms. The van der Waals surface area contributed by atoms with Gasteiger partial charge in [-0.15, -0.1) is 0 Å². The molecule has 20 heavy (non-hydrogen) atoms. The van der Waals surface area contributed by atoms with Crippen LogP contribution in [0.15, 0.2) is 22.7 Å². The summed E-state index contributed by atoms with van der Waals surface area (Å²) in [7, 11) is -3.33. The molecule has 7 heteroatoms. The lowest BCUT2D eigenvalue weighted by Crippen LogP contribution is -2.20. The van der Waals surface area contributed by atoms with Crippen LogP contribution >= 0.6 is 27.5 Å². The van der Waals surface area contributed by atoms with Crippen molar-refractivity contribution < 1.29 is 8.42 Å². The molecule has 0 saturated heterocycles. The fourth-order valence-electron chi connectivity index (χ4n) is 1.80. The van der Waals surface area contributed by atoms with Crippen molar-refractivity contribution in [3.05, 3.63) is 27.7 Å². The van der Waals surface area contributed by atoms with Crippen molar-refractivity contribution in [1.29, 1.82) is 0 Å². The third-order valence-corrected chi connectivity index (χ3v) is 5.21. The fraction of sp³-hybridized carbons (Fsp3) is 0.538. The van der Waals surface area contributed by atoms with Crippen molar-refractivity contribution in [1.82, 2.24) is 5.32 Å². The van der Waals surface area contributed by atoms with Crippen LogP contribution < -0.4 is 10.0 Å². The molecule has 0 aromatic heterocycles. The van der Waals surface area contributed by atoms with E-state index in [1.54, 1.807) is 18.2 Å². The van der Waals surface area contributed by atoms with Gasteiger partial charge in [0.15, 0.2) is 0 Å². The van der Waals surface area contributed by atoms with E-state index < -0.39 is 10.0 Å². The summed E-state index contributed by atoms with van der Waals surface area (Å²) in [5.41, 5.74) is 0.422. The minimum Gasteiger partial charge on any atom is -0.314 e. The van der Waals surface area contributed by atoms with E-state index in [2.05, 4.69) is 26.0 Å². The number of rotatable bonds is 8. The summed E-state index contributed by atoms with van der Waals surface area (Å²) >= 11 is 9.28. The predicted octanol–water partition coefficient (Wildman–Crippen LogP) is 3.38. The second kappa shape index (κ2) is 7.11. The number of anilines is 1. The van der Waals surface area contributed by atoms with E-state index in [4.69, 9.17) is 11.6 Å². The SMILES string of the molecule is O=S(=O)(CCCCNC1CC1)Nc1ccc(Br)cc1Cl. The highest BCUT2D eigenvalue weighted by Gasteiger charge is 2.19. The first-order valence-corrected chi connectivity index (χ1v) is 9.47. The molecule has 0 heterocycles.